The van der Waals surface area contributed by atoms with Crippen LogP contribution in [0.2, 0.25) is 0 Å². The third kappa shape index (κ3) is 1.74. The van der Waals surface area contributed by atoms with E-state index < -0.39 is 0 Å². The van der Waals surface area contributed by atoms with Crippen LogP contribution in [0.25, 0.3) is 0 Å². The van der Waals surface area contributed by atoms with E-state index in [1.165, 1.54) is 11.1 Å². The average molecular weight is 193 g/mol. The van der Waals surface area contributed by atoms with E-state index in [0.29, 0.717) is 0 Å². The van der Waals surface area contributed by atoms with Gasteiger partial charge in [0, 0.05) is 13.1 Å². The van der Waals surface area contributed by atoms with E-state index >= 15 is 0 Å². The number of methoxy groups -OCH3 is 1. The fraction of sp³-hybridized carbons (Fsp3) is 0.455. The van der Waals surface area contributed by atoms with Gasteiger partial charge in [0.05, 0.1) is 14.2 Å². The molecule has 3 heteroatoms. The second-order valence-electron chi connectivity index (χ2n) is 3.43. The minimum Gasteiger partial charge on any atom is -0.497 e. The topological polar surface area (TPSA) is 21.7 Å². The van der Waals surface area contributed by atoms with Gasteiger partial charge in [0.1, 0.15) is 5.75 Å². The first-order valence-electron chi connectivity index (χ1n) is 4.78. The summed E-state index contributed by atoms with van der Waals surface area (Å²) in [5.74, 6) is 0.918. The number of ether oxygens (including phenoxy) is 1. The fourth-order valence-corrected chi connectivity index (χ4v) is 1.79. The van der Waals surface area contributed by atoms with Gasteiger partial charge in [0.2, 0.25) is 0 Å². The van der Waals surface area contributed by atoms with Gasteiger partial charge in [-0.2, -0.15) is 5.06 Å². The monoisotopic (exact) mass is 193 g/mol. The highest BCUT2D eigenvalue weighted by Crippen LogP contribution is 2.23. The SMILES string of the molecule is COc1ccc2c(c1)CN(OC)CC2. The number of fused-ring (bicyclic) bond motifs is 1. The Labute approximate surface area is 84.2 Å². The van der Waals surface area contributed by atoms with Crippen molar-refractivity contribution in [1.29, 1.82) is 0 Å². The normalized spacial score (nSPS) is 16.4. The number of hydrogen-bond acceptors (Lipinski definition) is 3. The fourth-order valence-electron chi connectivity index (χ4n) is 1.79. The summed E-state index contributed by atoms with van der Waals surface area (Å²) in [6.07, 6.45) is 1.05. The Hall–Kier alpha value is -1.06. The standard InChI is InChI=1S/C11H15NO2/c1-13-11-4-3-9-5-6-12(14-2)8-10(9)7-11/h3-4,7H,5-6,8H2,1-2H3. The van der Waals surface area contributed by atoms with E-state index in [1.807, 2.05) is 11.1 Å². The van der Waals surface area contributed by atoms with Gasteiger partial charge in [-0.3, -0.25) is 0 Å². The molecule has 1 aromatic rings. The molecular formula is C11H15NO2. The molecule has 0 bridgehead atoms. The second kappa shape index (κ2) is 3.98. The van der Waals surface area contributed by atoms with Crippen LogP contribution in [-0.4, -0.2) is 25.8 Å². The Morgan fingerprint density at radius 3 is 2.79 bits per heavy atom. The molecule has 0 saturated carbocycles. The Balaban J connectivity index is 2.25. The van der Waals surface area contributed by atoms with Crippen LogP contribution >= 0.6 is 0 Å². The molecule has 3 nitrogen and oxygen atoms in total. The molecule has 0 radical (unpaired) electrons. The molecule has 2 rings (SSSR count). The van der Waals surface area contributed by atoms with Gasteiger partial charge >= 0.3 is 0 Å². The Morgan fingerprint density at radius 1 is 1.21 bits per heavy atom. The van der Waals surface area contributed by atoms with Crippen molar-refractivity contribution >= 4 is 0 Å². The summed E-state index contributed by atoms with van der Waals surface area (Å²) < 4.78 is 5.19. The molecule has 0 N–H and O–H groups in total. The van der Waals surface area contributed by atoms with E-state index in [4.69, 9.17) is 9.57 Å². The summed E-state index contributed by atoms with van der Waals surface area (Å²) in [6.45, 7) is 1.82. The van der Waals surface area contributed by atoms with Crippen molar-refractivity contribution in [2.45, 2.75) is 13.0 Å². The van der Waals surface area contributed by atoms with E-state index in [1.54, 1.807) is 14.2 Å². The van der Waals surface area contributed by atoms with Crippen molar-refractivity contribution < 1.29 is 9.57 Å². The summed E-state index contributed by atoms with van der Waals surface area (Å²) >= 11 is 0. The molecule has 0 saturated heterocycles. The minimum absolute atomic E-state index is 0.850. The van der Waals surface area contributed by atoms with Gasteiger partial charge < -0.3 is 9.57 Å². The molecule has 0 aliphatic carbocycles. The second-order valence-corrected chi connectivity index (χ2v) is 3.43. The summed E-state index contributed by atoms with van der Waals surface area (Å²) in [6, 6.07) is 6.24. The van der Waals surface area contributed by atoms with Crippen molar-refractivity contribution in [2.75, 3.05) is 20.8 Å². The van der Waals surface area contributed by atoms with Crippen molar-refractivity contribution in [1.82, 2.24) is 5.06 Å². The van der Waals surface area contributed by atoms with Crippen LogP contribution in [-0.2, 0) is 17.8 Å². The first-order chi connectivity index (χ1) is 6.83. The van der Waals surface area contributed by atoms with Crippen molar-refractivity contribution in [2.24, 2.45) is 0 Å². The van der Waals surface area contributed by atoms with Gasteiger partial charge in [0.25, 0.3) is 0 Å². The predicted molar refractivity (Wildman–Crippen MR) is 54.1 cm³/mol. The first-order valence-corrected chi connectivity index (χ1v) is 4.78. The summed E-state index contributed by atoms with van der Waals surface area (Å²) in [7, 11) is 3.41. The molecule has 0 atom stereocenters. The third-order valence-corrected chi connectivity index (χ3v) is 2.65. The highest BCUT2D eigenvalue weighted by Gasteiger charge is 2.15. The van der Waals surface area contributed by atoms with E-state index in [2.05, 4.69) is 12.1 Å². The summed E-state index contributed by atoms with van der Waals surface area (Å²) in [5.41, 5.74) is 2.71. The van der Waals surface area contributed by atoms with Gasteiger partial charge in [0.15, 0.2) is 0 Å². The first kappa shape index (κ1) is 9.49. The molecule has 1 aliphatic heterocycles. The number of nitrogens with zero attached hydrogens (tertiary/aromatic N) is 1. The molecule has 76 valence electrons. The lowest BCUT2D eigenvalue weighted by Crippen LogP contribution is -2.29. The van der Waals surface area contributed by atoms with Gasteiger partial charge in [-0.15, -0.1) is 0 Å². The number of benzene rings is 1. The quantitative estimate of drug-likeness (QED) is 0.712. The smallest absolute Gasteiger partial charge is 0.119 e. The maximum Gasteiger partial charge on any atom is 0.119 e. The number of hydroxylamine groups is 2. The lowest BCUT2D eigenvalue weighted by molar-refractivity contribution is -0.142. The molecule has 1 aliphatic rings. The van der Waals surface area contributed by atoms with Gasteiger partial charge in [-0.1, -0.05) is 6.07 Å². The van der Waals surface area contributed by atoms with Crippen LogP contribution < -0.4 is 4.74 Å². The van der Waals surface area contributed by atoms with Crippen LogP contribution in [0.15, 0.2) is 18.2 Å². The highest BCUT2D eigenvalue weighted by atomic mass is 16.7. The molecule has 0 aromatic heterocycles. The Morgan fingerprint density at radius 2 is 2.07 bits per heavy atom. The van der Waals surface area contributed by atoms with Crippen LogP contribution in [0, 0.1) is 0 Å². The molecule has 1 aromatic carbocycles. The summed E-state index contributed by atoms with van der Waals surface area (Å²) in [5, 5.41) is 1.96. The van der Waals surface area contributed by atoms with Crippen LogP contribution in [0.1, 0.15) is 11.1 Å². The zero-order chi connectivity index (χ0) is 9.97. The van der Waals surface area contributed by atoms with E-state index in [9.17, 15) is 0 Å². The molecule has 0 fully saturated rings. The van der Waals surface area contributed by atoms with Gasteiger partial charge in [-0.05, 0) is 29.7 Å². The molecular weight excluding hydrogens is 178 g/mol. The van der Waals surface area contributed by atoms with Crippen molar-refractivity contribution in [3.63, 3.8) is 0 Å². The minimum atomic E-state index is 0.850. The van der Waals surface area contributed by atoms with Crippen molar-refractivity contribution in [3.05, 3.63) is 29.3 Å². The lowest BCUT2D eigenvalue weighted by atomic mass is 10.0. The zero-order valence-corrected chi connectivity index (χ0v) is 8.62. The molecule has 0 unspecified atom stereocenters. The van der Waals surface area contributed by atoms with Gasteiger partial charge in [-0.25, -0.2) is 0 Å². The maximum atomic E-state index is 5.21. The predicted octanol–water partition coefficient (Wildman–Crippen LogP) is 1.61. The summed E-state index contributed by atoms with van der Waals surface area (Å²) in [4.78, 5) is 5.21. The van der Waals surface area contributed by atoms with Crippen LogP contribution in [0.4, 0.5) is 0 Å². The molecule has 0 amide bonds. The number of hydrogen-bond donors (Lipinski definition) is 0. The molecule has 0 spiro atoms. The van der Waals surface area contributed by atoms with Crippen LogP contribution in [0.5, 0.6) is 5.75 Å². The molecule has 14 heavy (non-hydrogen) atoms. The van der Waals surface area contributed by atoms with E-state index in [0.717, 1.165) is 25.3 Å². The highest BCUT2D eigenvalue weighted by molar-refractivity contribution is 5.36. The number of rotatable bonds is 2. The van der Waals surface area contributed by atoms with E-state index in [-0.39, 0.29) is 0 Å². The third-order valence-electron chi connectivity index (χ3n) is 2.65. The largest absolute Gasteiger partial charge is 0.497 e. The zero-order valence-electron chi connectivity index (χ0n) is 8.62. The lowest BCUT2D eigenvalue weighted by Gasteiger charge is -2.26. The Bertz CT molecular complexity index is 325. The average Bonchev–Trinajstić information content (AvgIpc) is 2.27. The Kier molecular flexibility index (Phi) is 2.70. The van der Waals surface area contributed by atoms with Crippen molar-refractivity contribution in [3.8, 4) is 5.75 Å². The maximum absolute atomic E-state index is 5.21. The molecule has 1 heterocycles. The van der Waals surface area contributed by atoms with Crippen LogP contribution in [0.3, 0.4) is 0 Å².